The average Bonchev–Trinajstić information content (AvgIpc) is 2.28. The lowest BCUT2D eigenvalue weighted by molar-refractivity contribution is -0.122. The van der Waals surface area contributed by atoms with E-state index in [1.54, 1.807) is 19.9 Å². The Morgan fingerprint density at radius 3 is 2.53 bits per heavy atom. The number of halogens is 2. The number of methoxy groups -OCH3 is 1. The third kappa shape index (κ3) is 3.17. The van der Waals surface area contributed by atoms with Crippen LogP contribution in [0.5, 0.6) is 5.75 Å². The van der Waals surface area contributed by atoms with E-state index >= 15 is 0 Å². The maximum absolute atomic E-state index is 13.2. The molecule has 1 aromatic carbocycles. The minimum atomic E-state index is -0.726. The molecule has 3 nitrogen and oxygen atoms in total. The largest absolute Gasteiger partial charge is 0.494 e. The topological polar surface area (TPSA) is 52.3 Å². The van der Waals surface area contributed by atoms with Crippen molar-refractivity contribution >= 4 is 18.2 Å². The summed E-state index contributed by atoms with van der Waals surface area (Å²) in [4.78, 5) is 11.7. The Morgan fingerprint density at radius 1 is 1.47 bits per heavy atom. The highest BCUT2D eigenvalue weighted by Gasteiger charge is 2.29. The quantitative estimate of drug-likeness (QED) is 0.903. The van der Waals surface area contributed by atoms with Crippen LogP contribution in [0.25, 0.3) is 0 Å². The van der Waals surface area contributed by atoms with Crippen molar-refractivity contribution in [2.45, 2.75) is 19.3 Å². The Labute approximate surface area is 107 Å². The first-order valence-corrected chi connectivity index (χ1v) is 5.01. The molecule has 0 fully saturated rings. The molecule has 0 aliphatic carbocycles. The second-order valence-corrected chi connectivity index (χ2v) is 4.10. The van der Waals surface area contributed by atoms with E-state index in [0.717, 1.165) is 0 Å². The number of carbonyl (C=O) groups excluding carboxylic acids is 1. The molecule has 1 aromatic rings. The monoisotopic (exact) mass is 261 g/mol. The van der Waals surface area contributed by atoms with Crippen LogP contribution in [0.4, 0.5) is 4.39 Å². The van der Waals surface area contributed by atoms with Gasteiger partial charge in [-0.2, -0.15) is 0 Å². The lowest BCUT2D eigenvalue weighted by atomic mass is 9.80. The Morgan fingerprint density at radius 2 is 2.06 bits per heavy atom. The molecular weight excluding hydrogens is 245 g/mol. The van der Waals surface area contributed by atoms with E-state index in [0.29, 0.717) is 5.56 Å². The van der Waals surface area contributed by atoms with Crippen LogP contribution in [0.15, 0.2) is 18.2 Å². The van der Waals surface area contributed by atoms with Crippen LogP contribution in [-0.4, -0.2) is 19.4 Å². The Kier molecular flexibility index (Phi) is 5.58. The first-order valence-electron chi connectivity index (χ1n) is 5.01. The summed E-state index contributed by atoms with van der Waals surface area (Å²) in [6.45, 7) is 3.48. The molecule has 0 radical (unpaired) electrons. The molecule has 0 aromatic heterocycles. The second kappa shape index (κ2) is 5.98. The molecule has 0 aliphatic rings. The normalized spacial score (nSPS) is 10.6. The molecule has 0 atom stereocenters. The van der Waals surface area contributed by atoms with Crippen molar-refractivity contribution in [1.82, 2.24) is 0 Å². The fourth-order valence-corrected chi connectivity index (χ4v) is 1.46. The molecule has 0 saturated carbocycles. The van der Waals surface area contributed by atoms with Crippen molar-refractivity contribution in [3.05, 3.63) is 29.6 Å². The van der Waals surface area contributed by atoms with Crippen molar-refractivity contribution in [2.24, 2.45) is 5.73 Å². The van der Waals surface area contributed by atoms with Gasteiger partial charge in [0.25, 0.3) is 0 Å². The van der Waals surface area contributed by atoms with Gasteiger partial charge in [0, 0.05) is 5.41 Å². The van der Waals surface area contributed by atoms with Gasteiger partial charge in [-0.25, -0.2) is 4.39 Å². The van der Waals surface area contributed by atoms with E-state index < -0.39 is 11.2 Å². The van der Waals surface area contributed by atoms with Crippen molar-refractivity contribution < 1.29 is 13.9 Å². The Hall–Kier alpha value is -1.13. The van der Waals surface area contributed by atoms with Crippen molar-refractivity contribution in [3.8, 4) is 5.75 Å². The number of nitrogens with two attached hydrogens (primary N) is 1. The molecule has 5 heteroatoms. The standard InChI is InChI=1S/C12H16FNO2.ClH/c1-12(2,11(15)7-14)8-4-5-9(13)10(6-8)16-3;/h4-6H,7,14H2,1-3H3;1H. The van der Waals surface area contributed by atoms with Gasteiger partial charge in [-0.1, -0.05) is 6.07 Å². The SMILES string of the molecule is COc1cc(C(C)(C)C(=O)CN)ccc1F.Cl. The number of rotatable bonds is 4. The predicted molar refractivity (Wildman–Crippen MR) is 67.3 cm³/mol. The zero-order chi connectivity index (χ0) is 12.3. The minimum Gasteiger partial charge on any atom is -0.494 e. The minimum absolute atomic E-state index is 0. The molecule has 17 heavy (non-hydrogen) atoms. The zero-order valence-electron chi connectivity index (χ0n) is 10.1. The van der Waals surface area contributed by atoms with Gasteiger partial charge in [0.15, 0.2) is 17.3 Å². The highest BCUT2D eigenvalue weighted by molar-refractivity contribution is 5.90. The van der Waals surface area contributed by atoms with Crippen molar-refractivity contribution in [1.29, 1.82) is 0 Å². The summed E-state index contributed by atoms with van der Waals surface area (Å²) in [7, 11) is 1.39. The van der Waals surface area contributed by atoms with Crippen LogP contribution in [-0.2, 0) is 10.2 Å². The number of hydrogen-bond acceptors (Lipinski definition) is 3. The van der Waals surface area contributed by atoms with Crippen molar-refractivity contribution in [3.63, 3.8) is 0 Å². The van der Waals surface area contributed by atoms with E-state index in [4.69, 9.17) is 10.5 Å². The van der Waals surface area contributed by atoms with Gasteiger partial charge in [0.2, 0.25) is 0 Å². The maximum Gasteiger partial charge on any atom is 0.165 e. The summed E-state index contributed by atoms with van der Waals surface area (Å²) < 4.78 is 18.1. The fraction of sp³-hybridized carbons (Fsp3) is 0.417. The molecule has 0 aliphatic heterocycles. The number of hydrogen-bond donors (Lipinski definition) is 1. The van der Waals surface area contributed by atoms with Crippen molar-refractivity contribution in [2.75, 3.05) is 13.7 Å². The predicted octanol–water partition coefficient (Wildman–Crippen LogP) is 2.06. The van der Waals surface area contributed by atoms with E-state index in [2.05, 4.69) is 0 Å². The third-order valence-electron chi connectivity index (χ3n) is 2.76. The van der Waals surface area contributed by atoms with Crippen LogP contribution < -0.4 is 10.5 Å². The number of ketones is 1. The lowest BCUT2D eigenvalue weighted by Crippen LogP contribution is -2.34. The average molecular weight is 262 g/mol. The van der Waals surface area contributed by atoms with Gasteiger partial charge in [-0.05, 0) is 31.5 Å². The van der Waals surface area contributed by atoms with E-state index in [-0.39, 0.29) is 30.5 Å². The second-order valence-electron chi connectivity index (χ2n) is 4.10. The van der Waals surface area contributed by atoms with E-state index in [1.807, 2.05) is 0 Å². The molecular formula is C12H17ClFNO2. The van der Waals surface area contributed by atoms with Crippen LogP contribution in [0, 0.1) is 5.82 Å². The fourth-order valence-electron chi connectivity index (χ4n) is 1.46. The molecule has 1 rings (SSSR count). The van der Waals surface area contributed by atoms with E-state index in [1.165, 1.54) is 19.2 Å². The third-order valence-corrected chi connectivity index (χ3v) is 2.76. The molecule has 0 spiro atoms. The molecule has 0 unspecified atom stereocenters. The molecule has 0 amide bonds. The smallest absolute Gasteiger partial charge is 0.165 e. The first-order chi connectivity index (χ1) is 7.43. The number of carbonyl (C=O) groups is 1. The molecule has 2 N–H and O–H groups in total. The van der Waals surface area contributed by atoms with E-state index in [9.17, 15) is 9.18 Å². The van der Waals surface area contributed by atoms with Gasteiger partial charge in [0.05, 0.1) is 13.7 Å². The van der Waals surface area contributed by atoms with Gasteiger partial charge >= 0.3 is 0 Å². The summed E-state index contributed by atoms with van der Waals surface area (Å²) in [5.41, 5.74) is 5.31. The highest BCUT2D eigenvalue weighted by Crippen LogP contribution is 2.28. The summed E-state index contributed by atoms with van der Waals surface area (Å²) in [6.07, 6.45) is 0. The van der Waals surface area contributed by atoms with Crippen LogP contribution in [0.2, 0.25) is 0 Å². The zero-order valence-corrected chi connectivity index (χ0v) is 10.9. The maximum atomic E-state index is 13.2. The Balaban J connectivity index is 0.00000256. The number of ether oxygens (including phenoxy) is 1. The lowest BCUT2D eigenvalue weighted by Gasteiger charge is -2.23. The summed E-state index contributed by atoms with van der Waals surface area (Å²) >= 11 is 0. The number of benzene rings is 1. The van der Waals surface area contributed by atoms with Crippen LogP contribution >= 0.6 is 12.4 Å². The summed E-state index contributed by atoms with van der Waals surface area (Å²) in [5.74, 6) is -0.404. The number of Topliss-reactive ketones (excluding diaryl/α,β-unsaturated/α-hetero) is 1. The van der Waals surface area contributed by atoms with Gasteiger partial charge in [-0.3, -0.25) is 4.79 Å². The first kappa shape index (κ1) is 15.9. The molecule has 0 heterocycles. The van der Waals surface area contributed by atoms with Gasteiger partial charge in [0.1, 0.15) is 0 Å². The van der Waals surface area contributed by atoms with Gasteiger partial charge < -0.3 is 10.5 Å². The molecule has 0 bridgehead atoms. The molecule has 0 saturated heterocycles. The highest BCUT2D eigenvalue weighted by atomic mass is 35.5. The van der Waals surface area contributed by atoms with Gasteiger partial charge in [-0.15, -0.1) is 12.4 Å². The summed E-state index contributed by atoms with van der Waals surface area (Å²) in [5, 5.41) is 0. The van der Waals surface area contributed by atoms with Crippen LogP contribution in [0.3, 0.4) is 0 Å². The summed E-state index contributed by atoms with van der Waals surface area (Å²) in [6, 6.07) is 4.40. The van der Waals surface area contributed by atoms with Crippen LogP contribution in [0.1, 0.15) is 19.4 Å². The Bertz CT molecular complexity index is 407. The molecule has 96 valence electrons.